The lowest BCUT2D eigenvalue weighted by Gasteiger charge is -2.27. The molecule has 0 saturated carbocycles. The van der Waals surface area contributed by atoms with Crippen LogP contribution in [0.3, 0.4) is 0 Å². The molecule has 1 N–H and O–H groups in total. The van der Waals surface area contributed by atoms with E-state index in [1.54, 1.807) is 0 Å². The number of hydrogen-bond donors (Lipinski definition) is 1. The normalized spacial score (nSPS) is 16.2. The van der Waals surface area contributed by atoms with Crippen LogP contribution >= 0.6 is 0 Å². The van der Waals surface area contributed by atoms with E-state index in [2.05, 4.69) is 14.8 Å². The van der Waals surface area contributed by atoms with E-state index < -0.39 is 40.8 Å². The predicted octanol–water partition coefficient (Wildman–Crippen LogP) is 3.73. The number of benzene rings is 1. The second-order valence-electron chi connectivity index (χ2n) is 6.44. The van der Waals surface area contributed by atoms with E-state index in [4.69, 9.17) is 9.47 Å². The van der Waals surface area contributed by atoms with Crippen LogP contribution in [0.2, 0.25) is 0 Å². The summed E-state index contributed by atoms with van der Waals surface area (Å²) in [6, 6.07) is 4.80. The molecule has 1 aromatic rings. The Balaban J connectivity index is 2.43. The number of carbonyl (C=O) groups is 2. The number of para-hydroxylation sites is 1. The number of carbonyl (C=O) groups excluding carboxylic acids is 2. The van der Waals surface area contributed by atoms with Gasteiger partial charge >= 0.3 is 18.5 Å². The summed E-state index contributed by atoms with van der Waals surface area (Å²) in [6.07, 6.45) is -6.36. The molecule has 0 spiro atoms. The molecule has 1 atom stereocenters. The van der Waals surface area contributed by atoms with Crippen LogP contribution in [0.1, 0.15) is 32.3 Å². The highest BCUT2D eigenvalue weighted by atomic mass is 19.4. The van der Waals surface area contributed by atoms with Gasteiger partial charge in [-0.2, -0.15) is 0 Å². The summed E-state index contributed by atoms with van der Waals surface area (Å²) in [5, 5.41) is 14.4. The monoisotopic (exact) mass is 460 g/mol. The number of nitrogens with one attached hydrogen (secondary N) is 1. The molecule has 0 amide bonds. The SMILES string of the molecule is CC(=O)OCCOC(=O)OC1=C(C)NC(C)=C([N+](=O)[O-])C1c1ccccc1OC(F)(F)F. The van der Waals surface area contributed by atoms with Crippen molar-refractivity contribution < 1.29 is 46.6 Å². The van der Waals surface area contributed by atoms with Crippen LogP contribution in [0.15, 0.2) is 47.1 Å². The van der Waals surface area contributed by atoms with Gasteiger partial charge in [-0.15, -0.1) is 13.2 Å². The van der Waals surface area contributed by atoms with Gasteiger partial charge in [0.05, 0.1) is 16.3 Å². The van der Waals surface area contributed by atoms with Gasteiger partial charge < -0.3 is 24.3 Å². The number of dihydropyridines is 1. The van der Waals surface area contributed by atoms with Crippen molar-refractivity contribution in [2.45, 2.75) is 33.1 Å². The minimum Gasteiger partial charge on any atom is -0.462 e. The van der Waals surface area contributed by atoms with Gasteiger partial charge in [-0.1, -0.05) is 18.2 Å². The summed E-state index contributed by atoms with van der Waals surface area (Å²) < 4.78 is 57.2. The Morgan fingerprint density at radius 2 is 1.75 bits per heavy atom. The molecule has 1 heterocycles. The summed E-state index contributed by atoms with van der Waals surface area (Å²) >= 11 is 0. The number of nitro groups is 1. The molecule has 0 aromatic heterocycles. The molecule has 0 saturated heterocycles. The van der Waals surface area contributed by atoms with Gasteiger partial charge in [0.2, 0.25) is 0 Å². The average molecular weight is 460 g/mol. The number of rotatable bonds is 7. The third-order valence-corrected chi connectivity index (χ3v) is 4.12. The van der Waals surface area contributed by atoms with E-state index in [0.29, 0.717) is 0 Å². The second kappa shape index (κ2) is 10.0. The Labute approximate surface area is 179 Å². The van der Waals surface area contributed by atoms with E-state index in [1.165, 1.54) is 32.0 Å². The number of allylic oxidation sites excluding steroid dienone is 2. The molecule has 1 aliphatic rings. The standard InChI is InChI=1S/C19H19F3N2O8/c1-10-16(24(27)28)15(13-6-4-5-7-14(13)32-19(20,21)22)17(11(2)23-10)31-18(26)30-9-8-29-12(3)25/h4-7,15,23H,8-9H2,1-3H3. The molecule has 10 nitrogen and oxygen atoms in total. The third kappa shape index (κ3) is 6.36. The lowest BCUT2D eigenvalue weighted by atomic mass is 9.89. The molecule has 2 rings (SSSR count). The number of halogens is 3. The zero-order valence-electron chi connectivity index (χ0n) is 17.1. The first-order valence-corrected chi connectivity index (χ1v) is 9.06. The van der Waals surface area contributed by atoms with Gasteiger partial charge in [0, 0.05) is 12.5 Å². The first-order valence-electron chi connectivity index (χ1n) is 9.06. The minimum absolute atomic E-state index is 0.0369. The fourth-order valence-electron chi connectivity index (χ4n) is 3.00. The fourth-order valence-corrected chi connectivity index (χ4v) is 3.00. The molecule has 0 radical (unpaired) electrons. The summed E-state index contributed by atoms with van der Waals surface area (Å²) in [5.41, 5.74) is -0.622. The van der Waals surface area contributed by atoms with Crippen LogP contribution < -0.4 is 10.1 Å². The van der Waals surface area contributed by atoms with E-state index in [1.807, 2.05) is 0 Å². The molecule has 0 fully saturated rings. The largest absolute Gasteiger partial charge is 0.573 e. The van der Waals surface area contributed by atoms with Crippen LogP contribution in [0, 0.1) is 10.1 Å². The number of hydrogen-bond acceptors (Lipinski definition) is 9. The van der Waals surface area contributed by atoms with Crippen LogP contribution in [0.25, 0.3) is 0 Å². The van der Waals surface area contributed by atoms with Crippen molar-refractivity contribution in [3.8, 4) is 5.75 Å². The Hall–Kier alpha value is -3.77. The zero-order valence-corrected chi connectivity index (χ0v) is 17.1. The van der Waals surface area contributed by atoms with Gasteiger partial charge in [0.15, 0.2) is 0 Å². The topological polar surface area (TPSA) is 126 Å². The van der Waals surface area contributed by atoms with Crippen molar-refractivity contribution in [2.24, 2.45) is 0 Å². The maximum absolute atomic E-state index is 12.9. The van der Waals surface area contributed by atoms with E-state index >= 15 is 0 Å². The Kier molecular flexibility index (Phi) is 7.67. The lowest BCUT2D eigenvalue weighted by Crippen LogP contribution is -2.30. The average Bonchev–Trinajstić information content (AvgIpc) is 2.66. The van der Waals surface area contributed by atoms with Gasteiger partial charge in [-0.3, -0.25) is 14.9 Å². The van der Waals surface area contributed by atoms with Crippen molar-refractivity contribution >= 4 is 12.1 Å². The summed E-state index contributed by atoms with van der Waals surface area (Å²) in [6.45, 7) is 3.30. The maximum atomic E-state index is 12.9. The maximum Gasteiger partial charge on any atom is 0.573 e. The molecule has 13 heteroatoms. The summed E-state index contributed by atoms with van der Waals surface area (Å²) in [7, 11) is 0. The molecule has 32 heavy (non-hydrogen) atoms. The quantitative estimate of drug-likeness (QED) is 0.280. The Morgan fingerprint density at radius 3 is 2.34 bits per heavy atom. The minimum atomic E-state index is -5.06. The molecule has 1 aromatic carbocycles. The van der Waals surface area contributed by atoms with E-state index in [-0.39, 0.29) is 35.9 Å². The molecule has 0 bridgehead atoms. The Morgan fingerprint density at radius 1 is 1.12 bits per heavy atom. The van der Waals surface area contributed by atoms with Gasteiger partial charge in [0.25, 0.3) is 5.70 Å². The zero-order chi connectivity index (χ0) is 24.1. The first-order chi connectivity index (χ1) is 14.9. The van der Waals surface area contributed by atoms with Gasteiger partial charge in [-0.25, -0.2) is 4.79 Å². The highest BCUT2D eigenvalue weighted by Gasteiger charge is 2.43. The van der Waals surface area contributed by atoms with Crippen LogP contribution in [-0.4, -0.2) is 36.6 Å². The van der Waals surface area contributed by atoms with Crippen molar-refractivity contribution in [1.82, 2.24) is 5.32 Å². The molecular weight excluding hydrogens is 441 g/mol. The van der Waals surface area contributed by atoms with Crippen molar-refractivity contribution in [3.05, 3.63) is 62.8 Å². The number of esters is 1. The van der Waals surface area contributed by atoms with Crippen LogP contribution in [0.5, 0.6) is 5.75 Å². The molecule has 174 valence electrons. The first kappa shape index (κ1) is 24.5. The van der Waals surface area contributed by atoms with E-state index in [0.717, 1.165) is 13.0 Å². The van der Waals surface area contributed by atoms with Crippen molar-refractivity contribution in [3.63, 3.8) is 0 Å². The van der Waals surface area contributed by atoms with Crippen molar-refractivity contribution in [1.29, 1.82) is 0 Å². The smallest absolute Gasteiger partial charge is 0.462 e. The van der Waals surface area contributed by atoms with Gasteiger partial charge in [0.1, 0.15) is 30.6 Å². The molecule has 1 aliphatic heterocycles. The van der Waals surface area contributed by atoms with E-state index in [9.17, 15) is 32.9 Å². The molecular formula is C19H19F3N2O8. The predicted molar refractivity (Wildman–Crippen MR) is 100 cm³/mol. The number of ether oxygens (including phenoxy) is 4. The lowest BCUT2D eigenvalue weighted by molar-refractivity contribution is -0.431. The number of alkyl halides is 3. The molecule has 0 aliphatic carbocycles. The molecule has 1 unspecified atom stereocenters. The van der Waals surface area contributed by atoms with Crippen LogP contribution in [-0.2, 0) is 19.0 Å². The van der Waals surface area contributed by atoms with Gasteiger partial charge in [-0.05, 0) is 19.9 Å². The van der Waals surface area contributed by atoms with Crippen molar-refractivity contribution in [2.75, 3.05) is 13.2 Å². The fraction of sp³-hybridized carbons (Fsp3) is 0.368. The number of nitrogens with zero attached hydrogens (tertiary/aromatic N) is 1. The highest BCUT2D eigenvalue weighted by Crippen LogP contribution is 2.43. The Bertz CT molecular complexity index is 972. The third-order valence-electron chi connectivity index (χ3n) is 4.12. The highest BCUT2D eigenvalue weighted by molar-refractivity contribution is 5.66. The summed E-state index contributed by atoms with van der Waals surface area (Å²) in [5.74, 6) is -3.17. The van der Waals surface area contributed by atoms with Crippen LogP contribution in [0.4, 0.5) is 18.0 Å². The summed E-state index contributed by atoms with van der Waals surface area (Å²) in [4.78, 5) is 33.8. The second-order valence-corrected chi connectivity index (χ2v) is 6.44.